The van der Waals surface area contributed by atoms with Gasteiger partial charge in [0, 0.05) is 12.1 Å². The summed E-state index contributed by atoms with van der Waals surface area (Å²) in [6.07, 6.45) is 4.85. The molecule has 0 saturated heterocycles. The molecule has 0 fully saturated rings. The molecule has 1 amide bonds. The fraction of sp³-hybridized carbons (Fsp3) is 0.357. The standard InChI is InChI=1S/C14H19NO2/c1-4-5-6-9-15-14(16)12-8-7-11(2)13(10-12)17-3/h4-5,7-8,10H,6,9H2,1-3H3,(H,15,16)/b5-4+. The molecule has 1 N–H and O–H groups in total. The van der Waals surface area contributed by atoms with E-state index in [1.165, 1.54) is 0 Å². The quantitative estimate of drug-likeness (QED) is 0.627. The second kappa shape index (κ2) is 6.74. The molecule has 92 valence electrons. The van der Waals surface area contributed by atoms with E-state index >= 15 is 0 Å². The van der Waals surface area contributed by atoms with Crippen LogP contribution in [0.2, 0.25) is 0 Å². The number of carbonyl (C=O) groups is 1. The van der Waals surface area contributed by atoms with Crippen molar-refractivity contribution in [2.24, 2.45) is 0 Å². The molecule has 1 aromatic rings. The molecule has 17 heavy (non-hydrogen) atoms. The van der Waals surface area contributed by atoms with Crippen LogP contribution in [0.1, 0.15) is 29.3 Å². The maximum absolute atomic E-state index is 11.8. The summed E-state index contributed by atoms with van der Waals surface area (Å²) in [5.41, 5.74) is 1.66. The number of methoxy groups -OCH3 is 1. The number of ether oxygens (including phenoxy) is 1. The Bertz CT molecular complexity index is 411. The van der Waals surface area contributed by atoms with Gasteiger partial charge >= 0.3 is 0 Å². The number of hydrogen-bond donors (Lipinski definition) is 1. The highest BCUT2D eigenvalue weighted by Gasteiger charge is 2.07. The van der Waals surface area contributed by atoms with Crippen LogP contribution in [-0.4, -0.2) is 19.6 Å². The zero-order valence-electron chi connectivity index (χ0n) is 10.6. The summed E-state index contributed by atoms with van der Waals surface area (Å²) in [6, 6.07) is 5.46. The van der Waals surface area contributed by atoms with E-state index in [1.54, 1.807) is 13.2 Å². The van der Waals surface area contributed by atoms with Crippen molar-refractivity contribution in [1.82, 2.24) is 5.32 Å². The van der Waals surface area contributed by atoms with Crippen LogP contribution in [0, 0.1) is 6.92 Å². The minimum atomic E-state index is -0.0622. The minimum absolute atomic E-state index is 0.0622. The second-order valence-electron chi connectivity index (χ2n) is 3.80. The number of carbonyl (C=O) groups excluding carboxylic acids is 1. The van der Waals surface area contributed by atoms with Crippen molar-refractivity contribution in [3.05, 3.63) is 41.5 Å². The number of hydrogen-bond acceptors (Lipinski definition) is 2. The van der Waals surface area contributed by atoms with Gasteiger partial charge in [-0.25, -0.2) is 0 Å². The summed E-state index contributed by atoms with van der Waals surface area (Å²) >= 11 is 0. The van der Waals surface area contributed by atoms with Crippen molar-refractivity contribution in [3.63, 3.8) is 0 Å². The van der Waals surface area contributed by atoms with E-state index in [4.69, 9.17) is 4.74 Å². The monoisotopic (exact) mass is 233 g/mol. The Balaban J connectivity index is 2.62. The Morgan fingerprint density at radius 3 is 2.88 bits per heavy atom. The van der Waals surface area contributed by atoms with Crippen molar-refractivity contribution in [1.29, 1.82) is 0 Å². The van der Waals surface area contributed by atoms with Gasteiger partial charge in [-0.3, -0.25) is 4.79 Å². The highest BCUT2D eigenvalue weighted by molar-refractivity contribution is 5.94. The molecule has 0 bridgehead atoms. The van der Waals surface area contributed by atoms with Gasteiger partial charge in [-0.05, 0) is 38.0 Å². The predicted molar refractivity (Wildman–Crippen MR) is 69.5 cm³/mol. The molecule has 0 spiro atoms. The maximum Gasteiger partial charge on any atom is 0.251 e. The average molecular weight is 233 g/mol. The topological polar surface area (TPSA) is 38.3 Å². The van der Waals surface area contributed by atoms with Gasteiger partial charge in [-0.1, -0.05) is 18.2 Å². The molecule has 0 unspecified atom stereocenters. The summed E-state index contributed by atoms with van der Waals surface area (Å²) in [7, 11) is 1.61. The maximum atomic E-state index is 11.8. The Morgan fingerprint density at radius 2 is 2.24 bits per heavy atom. The molecule has 3 heteroatoms. The average Bonchev–Trinajstić information content (AvgIpc) is 2.35. The fourth-order valence-corrected chi connectivity index (χ4v) is 1.50. The number of benzene rings is 1. The SMILES string of the molecule is C/C=C/CCNC(=O)c1ccc(C)c(OC)c1. The summed E-state index contributed by atoms with van der Waals surface area (Å²) in [6.45, 7) is 4.57. The number of rotatable bonds is 5. The van der Waals surface area contributed by atoms with Crippen LogP contribution in [-0.2, 0) is 0 Å². The van der Waals surface area contributed by atoms with Crippen LogP contribution in [0.4, 0.5) is 0 Å². The summed E-state index contributed by atoms with van der Waals surface area (Å²) in [5, 5.41) is 2.86. The Kier molecular flexibility index (Phi) is 5.27. The van der Waals surface area contributed by atoms with Crippen molar-refractivity contribution in [2.45, 2.75) is 20.3 Å². The normalized spacial score (nSPS) is 10.5. The minimum Gasteiger partial charge on any atom is -0.496 e. The summed E-state index contributed by atoms with van der Waals surface area (Å²) in [4.78, 5) is 11.8. The van der Waals surface area contributed by atoms with Crippen molar-refractivity contribution < 1.29 is 9.53 Å². The molecule has 3 nitrogen and oxygen atoms in total. The molecule has 0 saturated carbocycles. The van der Waals surface area contributed by atoms with E-state index in [0.717, 1.165) is 17.7 Å². The van der Waals surface area contributed by atoms with Gasteiger partial charge in [0.15, 0.2) is 0 Å². The highest BCUT2D eigenvalue weighted by atomic mass is 16.5. The number of nitrogens with one attached hydrogen (secondary N) is 1. The largest absolute Gasteiger partial charge is 0.496 e. The number of allylic oxidation sites excluding steroid dienone is 1. The molecule has 0 atom stereocenters. The van der Waals surface area contributed by atoms with E-state index in [1.807, 2.05) is 38.1 Å². The third kappa shape index (κ3) is 3.94. The zero-order chi connectivity index (χ0) is 12.7. The highest BCUT2D eigenvalue weighted by Crippen LogP contribution is 2.18. The molecule has 0 aliphatic carbocycles. The van der Waals surface area contributed by atoms with Gasteiger partial charge in [0.05, 0.1) is 7.11 Å². The van der Waals surface area contributed by atoms with Crippen molar-refractivity contribution >= 4 is 5.91 Å². The lowest BCUT2D eigenvalue weighted by Gasteiger charge is -2.08. The van der Waals surface area contributed by atoms with Crippen LogP contribution >= 0.6 is 0 Å². The van der Waals surface area contributed by atoms with Gasteiger partial charge in [0.25, 0.3) is 5.91 Å². The predicted octanol–water partition coefficient (Wildman–Crippen LogP) is 2.70. The molecular weight excluding hydrogens is 214 g/mol. The van der Waals surface area contributed by atoms with Gasteiger partial charge in [-0.15, -0.1) is 0 Å². The van der Waals surface area contributed by atoms with Crippen LogP contribution in [0.25, 0.3) is 0 Å². The van der Waals surface area contributed by atoms with Crippen molar-refractivity contribution in [3.8, 4) is 5.75 Å². The lowest BCUT2D eigenvalue weighted by Crippen LogP contribution is -2.24. The Labute approximate surface area is 102 Å². The molecule has 1 aromatic carbocycles. The lowest BCUT2D eigenvalue weighted by molar-refractivity contribution is 0.0954. The molecule has 0 aliphatic heterocycles. The van der Waals surface area contributed by atoms with E-state index < -0.39 is 0 Å². The zero-order valence-corrected chi connectivity index (χ0v) is 10.6. The summed E-state index contributed by atoms with van der Waals surface area (Å²) < 4.78 is 5.19. The van der Waals surface area contributed by atoms with Crippen LogP contribution < -0.4 is 10.1 Å². The van der Waals surface area contributed by atoms with Crippen LogP contribution in [0.5, 0.6) is 5.75 Å². The van der Waals surface area contributed by atoms with Crippen LogP contribution in [0.3, 0.4) is 0 Å². The van der Waals surface area contributed by atoms with Crippen LogP contribution in [0.15, 0.2) is 30.4 Å². The smallest absolute Gasteiger partial charge is 0.251 e. The first kappa shape index (κ1) is 13.3. The molecule has 0 radical (unpaired) electrons. The Hall–Kier alpha value is -1.77. The third-order valence-corrected chi connectivity index (χ3v) is 2.50. The number of amides is 1. The molecule has 0 aliphatic rings. The van der Waals surface area contributed by atoms with E-state index in [9.17, 15) is 4.79 Å². The summed E-state index contributed by atoms with van der Waals surface area (Å²) in [5.74, 6) is 0.680. The van der Waals surface area contributed by atoms with Gasteiger partial charge in [-0.2, -0.15) is 0 Å². The van der Waals surface area contributed by atoms with E-state index in [-0.39, 0.29) is 5.91 Å². The first-order valence-electron chi connectivity index (χ1n) is 5.73. The van der Waals surface area contributed by atoms with Gasteiger partial charge in [0.1, 0.15) is 5.75 Å². The third-order valence-electron chi connectivity index (χ3n) is 2.50. The van der Waals surface area contributed by atoms with Gasteiger partial charge < -0.3 is 10.1 Å². The van der Waals surface area contributed by atoms with Crippen molar-refractivity contribution in [2.75, 3.05) is 13.7 Å². The molecular formula is C14H19NO2. The second-order valence-corrected chi connectivity index (χ2v) is 3.80. The van der Waals surface area contributed by atoms with Gasteiger partial charge in [0.2, 0.25) is 0 Å². The first-order chi connectivity index (χ1) is 8.19. The molecule has 0 heterocycles. The lowest BCUT2D eigenvalue weighted by atomic mass is 10.1. The first-order valence-corrected chi connectivity index (χ1v) is 5.73. The number of aryl methyl sites for hydroxylation is 1. The van der Waals surface area contributed by atoms with E-state index in [0.29, 0.717) is 12.1 Å². The fourth-order valence-electron chi connectivity index (χ4n) is 1.50. The molecule has 0 aromatic heterocycles. The van der Waals surface area contributed by atoms with E-state index in [2.05, 4.69) is 5.32 Å². The Morgan fingerprint density at radius 1 is 1.47 bits per heavy atom. The molecule has 1 rings (SSSR count).